The maximum absolute atomic E-state index is 5.96. The average Bonchev–Trinajstić information content (AvgIpc) is 2.84. The number of rotatable bonds is 1. The molecule has 0 spiro atoms. The molecule has 1 aromatic rings. The van der Waals surface area contributed by atoms with E-state index in [9.17, 15) is 0 Å². The fraction of sp³-hybridized carbons (Fsp3) is 0.750. The van der Waals surface area contributed by atoms with E-state index in [0.29, 0.717) is 6.04 Å². The predicted molar refractivity (Wildman–Crippen MR) is 59.7 cm³/mol. The van der Waals surface area contributed by atoms with Crippen molar-refractivity contribution < 1.29 is 0 Å². The Hall–Kier alpha value is -0.830. The zero-order valence-electron chi connectivity index (χ0n) is 9.15. The topological polar surface area (TPSA) is 43.8 Å². The Balaban J connectivity index is 1.85. The monoisotopic (exact) mass is 205 g/mol. The Morgan fingerprint density at radius 1 is 1.27 bits per heavy atom. The first-order valence-electron chi connectivity index (χ1n) is 6.14. The lowest BCUT2D eigenvalue weighted by atomic mass is 10.1. The van der Waals surface area contributed by atoms with Crippen LogP contribution >= 0.6 is 0 Å². The highest BCUT2D eigenvalue weighted by Gasteiger charge is 2.23. The summed E-state index contributed by atoms with van der Waals surface area (Å²) < 4.78 is 2.28. The highest BCUT2D eigenvalue weighted by Crippen LogP contribution is 2.33. The van der Waals surface area contributed by atoms with Gasteiger partial charge in [-0.3, -0.25) is 0 Å². The number of aromatic nitrogens is 2. The van der Waals surface area contributed by atoms with E-state index in [0.717, 1.165) is 25.3 Å². The number of nitrogens with two attached hydrogens (primary N) is 1. The summed E-state index contributed by atoms with van der Waals surface area (Å²) >= 11 is 0. The summed E-state index contributed by atoms with van der Waals surface area (Å²) in [6, 6.07) is 0.336. The lowest BCUT2D eigenvalue weighted by Gasteiger charge is -2.19. The van der Waals surface area contributed by atoms with Gasteiger partial charge in [0.2, 0.25) is 0 Å². The highest BCUT2D eigenvalue weighted by atomic mass is 15.1. The lowest BCUT2D eigenvalue weighted by Crippen LogP contribution is -2.31. The van der Waals surface area contributed by atoms with Crippen molar-refractivity contribution in [2.24, 2.45) is 5.73 Å². The molecule has 2 N–H and O–H groups in total. The van der Waals surface area contributed by atoms with Gasteiger partial charge in [-0.1, -0.05) is 12.8 Å². The van der Waals surface area contributed by atoms with Crippen LogP contribution in [0.2, 0.25) is 0 Å². The highest BCUT2D eigenvalue weighted by molar-refractivity contribution is 5.13. The Morgan fingerprint density at radius 3 is 2.87 bits per heavy atom. The molecule has 0 aromatic carbocycles. The van der Waals surface area contributed by atoms with Crippen LogP contribution in [-0.2, 0) is 13.0 Å². The minimum atomic E-state index is 0.336. The van der Waals surface area contributed by atoms with Gasteiger partial charge in [-0.15, -0.1) is 0 Å². The minimum absolute atomic E-state index is 0.336. The first-order chi connectivity index (χ1) is 7.33. The molecule has 3 nitrogen and oxygen atoms in total. The molecule has 1 aromatic heterocycles. The first-order valence-corrected chi connectivity index (χ1v) is 6.14. The van der Waals surface area contributed by atoms with Crippen molar-refractivity contribution in [3.05, 3.63) is 17.7 Å². The third-order valence-corrected chi connectivity index (χ3v) is 3.82. The molecule has 2 heterocycles. The normalized spacial score (nSPS) is 26.9. The molecule has 82 valence electrons. The Bertz CT molecular complexity index is 350. The summed E-state index contributed by atoms with van der Waals surface area (Å²) in [4.78, 5) is 4.77. The molecule has 0 radical (unpaired) electrons. The van der Waals surface area contributed by atoms with Gasteiger partial charge in [0.1, 0.15) is 5.82 Å². The van der Waals surface area contributed by atoms with Crippen LogP contribution in [-0.4, -0.2) is 15.6 Å². The summed E-state index contributed by atoms with van der Waals surface area (Å²) in [5.41, 5.74) is 7.29. The van der Waals surface area contributed by atoms with Crippen LogP contribution in [0.4, 0.5) is 0 Å². The van der Waals surface area contributed by atoms with E-state index in [1.165, 1.54) is 37.2 Å². The number of imidazole rings is 1. The predicted octanol–water partition coefficient (Wildman–Crippen LogP) is 1.81. The quantitative estimate of drug-likeness (QED) is 0.760. The van der Waals surface area contributed by atoms with Crippen molar-refractivity contribution in [2.75, 3.05) is 0 Å². The van der Waals surface area contributed by atoms with E-state index < -0.39 is 0 Å². The Kier molecular flexibility index (Phi) is 2.28. The van der Waals surface area contributed by atoms with Gasteiger partial charge >= 0.3 is 0 Å². The Morgan fingerprint density at radius 2 is 2.07 bits per heavy atom. The average molecular weight is 205 g/mol. The van der Waals surface area contributed by atoms with Crippen LogP contribution in [0.25, 0.3) is 0 Å². The summed E-state index contributed by atoms with van der Waals surface area (Å²) in [6.45, 7) is 0.967. The van der Waals surface area contributed by atoms with Crippen molar-refractivity contribution in [1.29, 1.82) is 0 Å². The molecule has 15 heavy (non-hydrogen) atoms. The van der Waals surface area contributed by atoms with Gasteiger partial charge in [0.05, 0.1) is 5.69 Å². The van der Waals surface area contributed by atoms with E-state index >= 15 is 0 Å². The van der Waals surface area contributed by atoms with Gasteiger partial charge in [-0.25, -0.2) is 4.98 Å². The van der Waals surface area contributed by atoms with Gasteiger partial charge in [0.15, 0.2) is 0 Å². The zero-order valence-corrected chi connectivity index (χ0v) is 9.15. The maximum atomic E-state index is 5.96. The van der Waals surface area contributed by atoms with E-state index in [4.69, 9.17) is 10.7 Å². The second kappa shape index (κ2) is 3.63. The van der Waals surface area contributed by atoms with E-state index in [2.05, 4.69) is 10.8 Å². The van der Waals surface area contributed by atoms with Crippen LogP contribution in [0.5, 0.6) is 0 Å². The van der Waals surface area contributed by atoms with Gasteiger partial charge in [0, 0.05) is 31.1 Å². The van der Waals surface area contributed by atoms with Gasteiger partial charge in [-0.2, -0.15) is 0 Å². The summed E-state index contributed by atoms with van der Waals surface area (Å²) in [6.07, 6.45) is 9.85. The molecule has 1 unspecified atom stereocenters. The first kappa shape index (κ1) is 9.40. The van der Waals surface area contributed by atoms with Gasteiger partial charge in [-0.05, 0) is 19.3 Å². The molecular weight excluding hydrogens is 186 g/mol. The molecule has 3 rings (SSSR count). The molecule has 1 fully saturated rings. The smallest absolute Gasteiger partial charge is 0.109 e. The molecule has 0 amide bonds. The number of hydrogen-bond donors (Lipinski definition) is 1. The van der Waals surface area contributed by atoms with Crippen molar-refractivity contribution in [3.63, 3.8) is 0 Å². The molecule has 3 heteroatoms. The number of hydrogen-bond acceptors (Lipinski definition) is 2. The maximum Gasteiger partial charge on any atom is 0.109 e. The third kappa shape index (κ3) is 1.69. The molecule has 0 bridgehead atoms. The number of aryl methyl sites for hydroxylation is 1. The van der Waals surface area contributed by atoms with Crippen molar-refractivity contribution in [1.82, 2.24) is 9.55 Å². The number of fused-ring (bicyclic) bond motifs is 1. The lowest BCUT2D eigenvalue weighted by molar-refractivity contribution is 0.453. The molecular formula is C12H19N3. The fourth-order valence-electron chi connectivity index (χ4n) is 2.91. The van der Waals surface area contributed by atoms with Crippen LogP contribution < -0.4 is 5.73 Å². The Labute approximate surface area is 90.7 Å². The van der Waals surface area contributed by atoms with Gasteiger partial charge < -0.3 is 10.3 Å². The standard InChI is InChI=1S/C12H19N3/c13-10-5-6-12-14-11(8-15(12)7-10)9-3-1-2-4-9/h8-10H,1-7,13H2. The fourth-order valence-corrected chi connectivity index (χ4v) is 2.91. The summed E-state index contributed by atoms with van der Waals surface area (Å²) in [5, 5.41) is 0. The zero-order chi connectivity index (χ0) is 10.3. The van der Waals surface area contributed by atoms with Crippen LogP contribution in [0, 0.1) is 0 Å². The van der Waals surface area contributed by atoms with Crippen molar-refractivity contribution in [3.8, 4) is 0 Å². The van der Waals surface area contributed by atoms with Crippen molar-refractivity contribution in [2.45, 2.75) is 57.0 Å². The third-order valence-electron chi connectivity index (χ3n) is 3.82. The molecule has 0 saturated heterocycles. The van der Waals surface area contributed by atoms with Crippen LogP contribution in [0.15, 0.2) is 6.20 Å². The molecule has 1 aliphatic heterocycles. The molecule has 1 saturated carbocycles. The second-order valence-corrected chi connectivity index (χ2v) is 5.01. The van der Waals surface area contributed by atoms with Gasteiger partial charge in [0.25, 0.3) is 0 Å². The molecule has 1 atom stereocenters. The van der Waals surface area contributed by atoms with Crippen molar-refractivity contribution >= 4 is 0 Å². The van der Waals surface area contributed by atoms with Crippen LogP contribution in [0.1, 0.15) is 49.5 Å². The summed E-state index contributed by atoms with van der Waals surface area (Å²) in [7, 11) is 0. The van der Waals surface area contributed by atoms with E-state index in [1.807, 2.05) is 0 Å². The largest absolute Gasteiger partial charge is 0.333 e. The van der Waals surface area contributed by atoms with E-state index in [1.54, 1.807) is 0 Å². The minimum Gasteiger partial charge on any atom is -0.333 e. The molecule has 2 aliphatic rings. The van der Waals surface area contributed by atoms with Crippen LogP contribution in [0.3, 0.4) is 0 Å². The SMILES string of the molecule is NC1CCc2nc(C3CCCC3)cn2C1. The van der Waals surface area contributed by atoms with E-state index in [-0.39, 0.29) is 0 Å². The second-order valence-electron chi connectivity index (χ2n) is 5.01. The molecule has 1 aliphatic carbocycles. The summed E-state index contributed by atoms with van der Waals surface area (Å²) in [5.74, 6) is 2.00. The number of nitrogens with zero attached hydrogens (tertiary/aromatic N) is 2.